The number of benzene rings is 1. The topological polar surface area (TPSA) is 44.7 Å². The number of aliphatic hydroxyl groups is 1. The molecule has 1 aliphatic rings. The summed E-state index contributed by atoms with van der Waals surface area (Å²) in [7, 11) is 0. The maximum atomic E-state index is 8.72. The minimum absolute atomic E-state index is 0.0519. The van der Waals surface area contributed by atoms with Crippen LogP contribution in [0.5, 0.6) is 5.75 Å². The van der Waals surface area contributed by atoms with Gasteiger partial charge in [-0.05, 0) is 50.1 Å². The molecule has 1 aromatic carbocycles. The fourth-order valence-corrected chi connectivity index (χ4v) is 2.66. The quantitative estimate of drug-likeness (QED) is 0.803. The summed E-state index contributed by atoms with van der Waals surface area (Å²) >= 11 is 0. The number of likely N-dealkylation sites (tertiary alicyclic amines) is 1. The number of piperidine rings is 1. The molecule has 1 fully saturated rings. The average Bonchev–Trinajstić information content (AvgIpc) is 2.49. The third-order valence-electron chi connectivity index (χ3n) is 3.71. The van der Waals surface area contributed by atoms with E-state index in [-0.39, 0.29) is 6.61 Å². The molecule has 0 bridgehead atoms. The Morgan fingerprint density at radius 1 is 1.25 bits per heavy atom. The van der Waals surface area contributed by atoms with Crippen LogP contribution in [0.15, 0.2) is 24.3 Å². The van der Waals surface area contributed by atoms with E-state index in [9.17, 15) is 0 Å². The molecule has 0 aliphatic carbocycles. The van der Waals surface area contributed by atoms with E-state index in [2.05, 4.69) is 17.1 Å². The fraction of sp³-hybridized carbons (Fsp3) is 0.625. The molecule has 1 heterocycles. The Labute approximate surface area is 121 Å². The van der Waals surface area contributed by atoms with Crippen LogP contribution in [-0.4, -0.2) is 48.9 Å². The van der Waals surface area contributed by atoms with Crippen LogP contribution in [-0.2, 0) is 0 Å². The minimum Gasteiger partial charge on any atom is -0.491 e. The number of aliphatic hydroxyl groups excluding tert-OH is 1. The molecule has 1 saturated heterocycles. The van der Waals surface area contributed by atoms with Crippen molar-refractivity contribution in [3.8, 4) is 5.75 Å². The zero-order valence-electron chi connectivity index (χ0n) is 12.3. The first-order valence-electron chi connectivity index (χ1n) is 7.64. The Bertz CT molecular complexity index is 373. The van der Waals surface area contributed by atoms with E-state index in [4.69, 9.17) is 9.84 Å². The zero-order chi connectivity index (χ0) is 14.2. The Kier molecular flexibility index (Phi) is 6.15. The second-order valence-corrected chi connectivity index (χ2v) is 5.36. The second-order valence-electron chi connectivity index (χ2n) is 5.36. The second kappa shape index (κ2) is 8.12. The molecular formula is C16H26N2O2. The predicted octanol–water partition coefficient (Wildman–Crippen LogP) is 2.34. The van der Waals surface area contributed by atoms with Crippen LogP contribution in [0.2, 0.25) is 0 Å². The highest BCUT2D eigenvalue weighted by molar-refractivity contribution is 5.47. The molecule has 112 valence electrons. The van der Waals surface area contributed by atoms with Crippen LogP contribution in [0.1, 0.15) is 26.2 Å². The molecule has 0 unspecified atom stereocenters. The summed E-state index contributed by atoms with van der Waals surface area (Å²) in [6.45, 7) is 6.26. The van der Waals surface area contributed by atoms with Gasteiger partial charge in [-0.2, -0.15) is 0 Å². The number of hydrogen-bond donors (Lipinski definition) is 2. The molecule has 0 atom stereocenters. The first kappa shape index (κ1) is 15.1. The Balaban J connectivity index is 1.76. The molecule has 1 aromatic rings. The zero-order valence-corrected chi connectivity index (χ0v) is 12.3. The number of ether oxygens (including phenoxy) is 1. The molecule has 2 N–H and O–H groups in total. The monoisotopic (exact) mass is 278 g/mol. The van der Waals surface area contributed by atoms with Crippen molar-refractivity contribution < 1.29 is 9.84 Å². The van der Waals surface area contributed by atoms with Gasteiger partial charge in [0, 0.05) is 24.8 Å². The van der Waals surface area contributed by atoms with Crippen LogP contribution < -0.4 is 10.1 Å². The van der Waals surface area contributed by atoms with Crippen molar-refractivity contribution in [1.82, 2.24) is 4.90 Å². The van der Waals surface area contributed by atoms with Gasteiger partial charge in [0.05, 0.1) is 6.61 Å². The predicted molar refractivity (Wildman–Crippen MR) is 82.4 cm³/mol. The third kappa shape index (κ3) is 4.69. The lowest BCUT2D eigenvalue weighted by molar-refractivity contribution is 0.201. The number of anilines is 1. The molecule has 0 spiro atoms. The molecule has 0 saturated carbocycles. The van der Waals surface area contributed by atoms with Crippen molar-refractivity contribution in [2.24, 2.45) is 0 Å². The summed E-state index contributed by atoms with van der Waals surface area (Å²) < 4.78 is 5.36. The van der Waals surface area contributed by atoms with Crippen molar-refractivity contribution in [1.29, 1.82) is 0 Å². The highest BCUT2D eigenvalue weighted by Crippen LogP contribution is 2.19. The third-order valence-corrected chi connectivity index (χ3v) is 3.71. The van der Waals surface area contributed by atoms with Crippen molar-refractivity contribution in [2.45, 2.75) is 32.2 Å². The van der Waals surface area contributed by atoms with Gasteiger partial charge in [0.15, 0.2) is 0 Å². The van der Waals surface area contributed by atoms with Gasteiger partial charge in [0.1, 0.15) is 12.4 Å². The number of hydrogen-bond acceptors (Lipinski definition) is 4. The fourth-order valence-electron chi connectivity index (χ4n) is 2.66. The molecule has 0 aromatic heterocycles. The SMILES string of the molecule is CCCN1CCC(Nc2ccc(OCCO)cc2)CC1. The van der Waals surface area contributed by atoms with Gasteiger partial charge in [-0.1, -0.05) is 6.92 Å². The number of rotatable bonds is 7. The molecule has 2 rings (SSSR count). The maximum Gasteiger partial charge on any atom is 0.119 e. The standard InChI is InChI=1S/C16H26N2O2/c1-2-9-18-10-7-15(8-11-18)17-14-3-5-16(6-4-14)20-13-12-19/h3-6,15,17,19H,2,7-13H2,1H3. The van der Waals surface area contributed by atoms with E-state index in [1.165, 1.54) is 38.9 Å². The first-order valence-corrected chi connectivity index (χ1v) is 7.64. The van der Waals surface area contributed by atoms with Crippen LogP contribution in [0.4, 0.5) is 5.69 Å². The van der Waals surface area contributed by atoms with Crippen LogP contribution in [0, 0.1) is 0 Å². The lowest BCUT2D eigenvalue weighted by atomic mass is 10.0. The minimum atomic E-state index is 0.0519. The summed E-state index contributed by atoms with van der Waals surface area (Å²) in [4.78, 5) is 2.55. The molecule has 0 amide bonds. The van der Waals surface area contributed by atoms with E-state index in [0.29, 0.717) is 12.6 Å². The molecule has 1 aliphatic heterocycles. The molecular weight excluding hydrogens is 252 g/mol. The molecule has 20 heavy (non-hydrogen) atoms. The Hall–Kier alpha value is -1.26. The van der Waals surface area contributed by atoms with E-state index >= 15 is 0 Å². The van der Waals surface area contributed by atoms with Crippen LogP contribution in [0.25, 0.3) is 0 Å². The van der Waals surface area contributed by atoms with Gasteiger partial charge in [-0.15, -0.1) is 0 Å². The van der Waals surface area contributed by atoms with E-state index in [0.717, 1.165) is 11.4 Å². The largest absolute Gasteiger partial charge is 0.491 e. The average molecular weight is 278 g/mol. The van der Waals surface area contributed by atoms with Gasteiger partial charge in [0.2, 0.25) is 0 Å². The number of nitrogens with one attached hydrogen (secondary N) is 1. The first-order chi connectivity index (χ1) is 9.81. The van der Waals surface area contributed by atoms with Crippen molar-refractivity contribution in [3.05, 3.63) is 24.3 Å². The summed E-state index contributed by atoms with van der Waals surface area (Å²) in [5.41, 5.74) is 1.15. The highest BCUT2D eigenvalue weighted by Gasteiger charge is 2.18. The summed E-state index contributed by atoms with van der Waals surface area (Å²) in [5, 5.41) is 12.3. The van der Waals surface area contributed by atoms with Gasteiger partial charge >= 0.3 is 0 Å². The van der Waals surface area contributed by atoms with Crippen molar-refractivity contribution in [3.63, 3.8) is 0 Å². The van der Waals surface area contributed by atoms with Crippen LogP contribution in [0.3, 0.4) is 0 Å². The van der Waals surface area contributed by atoms with Crippen molar-refractivity contribution >= 4 is 5.69 Å². The highest BCUT2D eigenvalue weighted by atomic mass is 16.5. The lowest BCUT2D eigenvalue weighted by Crippen LogP contribution is -2.39. The Morgan fingerprint density at radius 2 is 1.95 bits per heavy atom. The summed E-state index contributed by atoms with van der Waals surface area (Å²) in [6, 6.07) is 8.57. The van der Waals surface area contributed by atoms with Gasteiger partial charge in [0.25, 0.3) is 0 Å². The van der Waals surface area contributed by atoms with E-state index in [1.807, 2.05) is 24.3 Å². The smallest absolute Gasteiger partial charge is 0.119 e. The molecule has 0 radical (unpaired) electrons. The summed E-state index contributed by atoms with van der Waals surface area (Å²) in [5.74, 6) is 0.808. The normalized spacial score (nSPS) is 17.1. The maximum absolute atomic E-state index is 8.72. The Morgan fingerprint density at radius 3 is 2.55 bits per heavy atom. The van der Waals surface area contributed by atoms with E-state index in [1.54, 1.807) is 0 Å². The molecule has 4 nitrogen and oxygen atoms in total. The van der Waals surface area contributed by atoms with Gasteiger partial charge < -0.3 is 20.1 Å². The van der Waals surface area contributed by atoms with Crippen molar-refractivity contribution in [2.75, 3.05) is 38.2 Å². The lowest BCUT2D eigenvalue weighted by Gasteiger charge is -2.32. The summed E-state index contributed by atoms with van der Waals surface area (Å²) in [6.07, 6.45) is 3.67. The van der Waals surface area contributed by atoms with Gasteiger partial charge in [-0.25, -0.2) is 0 Å². The number of nitrogens with zero attached hydrogens (tertiary/aromatic N) is 1. The molecule has 4 heteroatoms. The van der Waals surface area contributed by atoms with Crippen LogP contribution >= 0.6 is 0 Å². The van der Waals surface area contributed by atoms with Gasteiger partial charge in [-0.3, -0.25) is 0 Å². The van der Waals surface area contributed by atoms with E-state index < -0.39 is 0 Å².